The van der Waals surface area contributed by atoms with E-state index >= 15 is 0 Å². The molecule has 1 radical (unpaired) electrons. The van der Waals surface area contributed by atoms with Crippen molar-refractivity contribution in [3.8, 4) is 0 Å². The molecule has 0 spiro atoms. The second-order valence-electron chi connectivity index (χ2n) is 0.204. The third-order valence-corrected chi connectivity index (χ3v) is 0. The molecule has 2 heteroatoms. The van der Waals surface area contributed by atoms with E-state index < -0.39 is 0 Å². The van der Waals surface area contributed by atoms with Crippen LogP contribution in [-0.2, 0) is 24.9 Å². The summed E-state index contributed by atoms with van der Waals surface area (Å²) < 4.78 is 0. The Kier molecular flexibility index (Phi) is 22.7. The molecule has 0 saturated heterocycles. The maximum atomic E-state index is 8.68. The average molecular weight is 235 g/mol. The van der Waals surface area contributed by atoms with E-state index in [2.05, 4.69) is 0 Å². The molecule has 27 valence electrons. The molecule has 0 fully saturated rings. The Morgan fingerprint density at radius 1 is 1.75 bits per heavy atom. The van der Waals surface area contributed by atoms with Crippen LogP contribution >= 0.6 is 0 Å². The zero-order valence-electron chi connectivity index (χ0n) is 2.24. The number of carbonyl (C=O) groups excluding carboxylic acids is 1. The Morgan fingerprint density at radius 3 is 1.75 bits per heavy atom. The third-order valence-electron chi connectivity index (χ3n) is 0. The first-order valence-corrected chi connectivity index (χ1v) is 0.704. The van der Waals surface area contributed by atoms with E-state index in [0.717, 1.165) is 0 Å². The van der Waals surface area contributed by atoms with Gasteiger partial charge in [0.15, 0.2) is 0 Å². The summed E-state index contributed by atoms with van der Waals surface area (Å²) in [6.45, 7) is 1.32. The molecule has 0 N–H and O–H groups in total. The van der Waals surface area contributed by atoms with Gasteiger partial charge in [0.05, 0.1) is 0 Å². The second kappa shape index (κ2) is 10.3. The Hall–Kier alpha value is 0.319. The van der Waals surface area contributed by atoms with E-state index in [-0.39, 0.29) is 20.1 Å². The van der Waals surface area contributed by atoms with E-state index in [0.29, 0.717) is 0 Å². The van der Waals surface area contributed by atoms with Crippen LogP contribution in [0.2, 0.25) is 0 Å². The van der Waals surface area contributed by atoms with Gasteiger partial charge in [0.25, 0.3) is 0 Å². The Balaban J connectivity index is 0. The number of hydrogen-bond acceptors (Lipinski definition) is 1. The molecule has 0 aliphatic rings. The summed E-state index contributed by atoms with van der Waals surface area (Å²) in [4.78, 5) is 8.68. The van der Waals surface area contributed by atoms with Crippen LogP contribution in [-0.4, -0.2) is 6.29 Å². The molecule has 0 amide bonds. The molecular formula is C2H3IrO-. The molecule has 0 heterocycles. The van der Waals surface area contributed by atoms with Gasteiger partial charge >= 0.3 is 0 Å². The summed E-state index contributed by atoms with van der Waals surface area (Å²) >= 11 is 0. The fourth-order valence-electron chi connectivity index (χ4n) is 0. The topological polar surface area (TPSA) is 17.1 Å². The summed E-state index contributed by atoms with van der Waals surface area (Å²) in [5.41, 5.74) is 0. The minimum absolute atomic E-state index is 0. The van der Waals surface area contributed by atoms with Gasteiger partial charge in [0, 0.05) is 20.1 Å². The first kappa shape index (κ1) is 8.85. The molecule has 0 saturated carbocycles. The van der Waals surface area contributed by atoms with Crippen molar-refractivity contribution >= 4 is 6.29 Å². The van der Waals surface area contributed by atoms with Gasteiger partial charge in [-0.3, -0.25) is 6.29 Å². The van der Waals surface area contributed by atoms with Crippen molar-refractivity contribution in [3.63, 3.8) is 0 Å². The van der Waals surface area contributed by atoms with Crippen LogP contribution in [0.25, 0.3) is 0 Å². The molecule has 1 nitrogen and oxygen atoms in total. The van der Waals surface area contributed by atoms with Crippen LogP contribution < -0.4 is 0 Å². The maximum Gasteiger partial charge on any atom is 0 e. The molecule has 0 aliphatic heterocycles. The van der Waals surface area contributed by atoms with E-state index in [1.165, 1.54) is 13.2 Å². The molecule has 0 atom stereocenters. The predicted molar refractivity (Wildman–Crippen MR) is 11.4 cm³/mol. The molecule has 0 rings (SSSR count). The van der Waals surface area contributed by atoms with E-state index in [1.807, 2.05) is 0 Å². The Morgan fingerprint density at radius 2 is 1.75 bits per heavy atom. The Labute approximate surface area is 38.7 Å². The third kappa shape index (κ3) is 39.6. The summed E-state index contributed by atoms with van der Waals surface area (Å²) in [7, 11) is 0. The quantitative estimate of drug-likeness (QED) is 0.545. The maximum absolute atomic E-state index is 8.68. The van der Waals surface area contributed by atoms with Gasteiger partial charge in [0.2, 0.25) is 0 Å². The van der Waals surface area contributed by atoms with Gasteiger partial charge in [-0.1, -0.05) is 0 Å². The van der Waals surface area contributed by atoms with Crippen LogP contribution in [0.15, 0.2) is 0 Å². The zero-order valence-corrected chi connectivity index (χ0v) is 4.64. The summed E-state index contributed by atoms with van der Waals surface area (Å²) in [5.74, 6) is 0. The fourth-order valence-corrected chi connectivity index (χ4v) is 0. The van der Waals surface area contributed by atoms with E-state index in [9.17, 15) is 0 Å². The monoisotopic (exact) mass is 236 g/mol. The normalized spacial score (nSPS) is 3.25. The van der Waals surface area contributed by atoms with Crippen LogP contribution in [0.3, 0.4) is 0 Å². The molecule has 0 aromatic carbocycles. The smallest absolute Gasteiger partial charge is 0 e. The first-order valence-electron chi connectivity index (χ1n) is 0.704. The van der Waals surface area contributed by atoms with Gasteiger partial charge in [-0.15, -0.1) is 0 Å². The average Bonchev–Trinajstić information content (AvgIpc) is 0.918. The van der Waals surface area contributed by atoms with Crippen molar-refractivity contribution in [2.45, 2.75) is 6.92 Å². The van der Waals surface area contributed by atoms with Gasteiger partial charge in [-0.25, -0.2) is 0 Å². The molecule has 0 aliphatic carbocycles. The molecule has 0 aromatic heterocycles. The Bertz CT molecular complexity index is 13.5. The zero-order chi connectivity index (χ0) is 2.71. The SMILES string of the molecule is C[C-]=O.[Ir]. The van der Waals surface area contributed by atoms with Crippen molar-refractivity contribution < 1.29 is 24.9 Å². The molecule has 0 aromatic rings. The van der Waals surface area contributed by atoms with Gasteiger partial charge < -0.3 is 4.79 Å². The van der Waals surface area contributed by atoms with Crippen molar-refractivity contribution in [1.82, 2.24) is 0 Å². The number of hydrogen-bond donors (Lipinski definition) is 0. The second-order valence-corrected chi connectivity index (χ2v) is 0.204. The first-order chi connectivity index (χ1) is 1.41. The van der Waals surface area contributed by atoms with Gasteiger partial charge in [-0.2, -0.15) is 6.92 Å². The van der Waals surface area contributed by atoms with Crippen molar-refractivity contribution in [2.24, 2.45) is 0 Å². The molecule has 4 heavy (non-hydrogen) atoms. The summed E-state index contributed by atoms with van der Waals surface area (Å²) in [6, 6.07) is 0. The largest absolute Gasteiger partial charge is 0.542 e. The summed E-state index contributed by atoms with van der Waals surface area (Å²) in [5, 5.41) is 0. The van der Waals surface area contributed by atoms with Crippen molar-refractivity contribution in [3.05, 3.63) is 0 Å². The van der Waals surface area contributed by atoms with Crippen LogP contribution in [0.4, 0.5) is 0 Å². The molecule has 0 unspecified atom stereocenters. The molecule has 0 bridgehead atoms. The van der Waals surface area contributed by atoms with Crippen LogP contribution in [0.5, 0.6) is 0 Å². The van der Waals surface area contributed by atoms with Crippen LogP contribution in [0, 0.1) is 0 Å². The predicted octanol–water partition coefficient (Wildman–Crippen LogP) is 0.113. The molecular weight excluding hydrogens is 232 g/mol. The van der Waals surface area contributed by atoms with Gasteiger partial charge in [-0.05, 0) is 0 Å². The van der Waals surface area contributed by atoms with Crippen LogP contribution in [0.1, 0.15) is 6.92 Å². The minimum atomic E-state index is 0. The fraction of sp³-hybridized carbons (Fsp3) is 0.500. The minimum Gasteiger partial charge on any atom is -0.542 e. The number of rotatable bonds is 0. The van der Waals surface area contributed by atoms with Crippen molar-refractivity contribution in [1.29, 1.82) is 0 Å². The van der Waals surface area contributed by atoms with Gasteiger partial charge in [0.1, 0.15) is 0 Å². The summed E-state index contributed by atoms with van der Waals surface area (Å²) in [6.07, 6.45) is 1.50. The van der Waals surface area contributed by atoms with Crippen molar-refractivity contribution in [2.75, 3.05) is 0 Å². The van der Waals surface area contributed by atoms with E-state index in [4.69, 9.17) is 4.79 Å². The van der Waals surface area contributed by atoms with E-state index in [1.54, 1.807) is 0 Å². The standard InChI is InChI=1S/C2H3O.Ir/c1-2-3;/h1H3;/q-1;.